The number of anilines is 1. The lowest BCUT2D eigenvalue weighted by atomic mass is 10.1. The maximum absolute atomic E-state index is 14.0. The maximum atomic E-state index is 14.0. The Morgan fingerprint density at radius 2 is 1.93 bits per heavy atom. The predicted molar refractivity (Wildman–Crippen MR) is 103 cm³/mol. The molecule has 150 valence electrons. The first-order valence-corrected chi connectivity index (χ1v) is 9.35. The molecule has 1 aromatic heterocycles. The highest BCUT2D eigenvalue weighted by atomic mass is 19.1. The number of aryl methyl sites for hydroxylation is 2. The Hall–Kier alpha value is -3.29. The highest BCUT2D eigenvalue weighted by Gasteiger charge is 2.34. The van der Waals surface area contributed by atoms with Crippen molar-refractivity contribution in [2.75, 3.05) is 11.9 Å². The highest BCUT2D eigenvalue weighted by Crippen LogP contribution is 2.33. The van der Waals surface area contributed by atoms with E-state index in [0.29, 0.717) is 13.0 Å². The molecule has 0 spiro atoms. The van der Waals surface area contributed by atoms with Gasteiger partial charge in [0.15, 0.2) is 0 Å². The second kappa shape index (κ2) is 7.62. The summed E-state index contributed by atoms with van der Waals surface area (Å²) in [5, 5.41) is 6.73. The Morgan fingerprint density at radius 1 is 1.17 bits per heavy atom. The number of carbonyl (C=O) groups is 1. The van der Waals surface area contributed by atoms with E-state index in [1.54, 1.807) is 4.90 Å². The van der Waals surface area contributed by atoms with E-state index in [4.69, 9.17) is 4.52 Å². The molecule has 6 nitrogen and oxygen atoms in total. The molecule has 4 rings (SSSR count). The Balaban J connectivity index is 1.54. The van der Waals surface area contributed by atoms with Crippen LogP contribution in [0.4, 0.5) is 19.3 Å². The van der Waals surface area contributed by atoms with Gasteiger partial charge in [0, 0.05) is 18.3 Å². The van der Waals surface area contributed by atoms with Crippen molar-refractivity contribution in [2.45, 2.75) is 32.7 Å². The van der Waals surface area contributed by atoms with Crippen LogP contribution in [0, 0.1) is 25.5 Å². The Morgan fingerprint density at radius 3 is 2.66 bits per heavy atom. The van der Waals surface area contributed by atoms with Gasteiger partial charge < -0.3 is 14.7 Å². The lowest BCUT2D eigenvalue weighted by Gasteiger charge is -2.22. The molecule has 3 aromatic rings. The van der Waals surface area contributed by atoms with Crippen LogP contribution in [0.1, 0.15) is 35.9 Å². The van der Waals surface area contributed by atoms with E-state index in [-0.39, 0.29) is 23.3 Å². The van der Waals surface area contributed by atoms with Crippen LogP contribution >= 0.6 is 0 Å². The Kier molecular flexibility index (Phi) is 5.00. The Bertz CT molecular complexity index is 1050. The van der Waals surface area contributed by atoms with Crippen molar-refractivity contribution >= 4 is 11.7 Å². The largest absolute Gasteiger partial charge is 0.337 e. The molecule has 0 unspecified atom stereocenters. The van der Waals surface area contributed by atoms with Crippen molar-refractivity contribution in [3.63, 3.8) is 0 Å². The molecule has 0 saturated carbocycles. The van der Waals surface area contributed by atoms with Gasteiger partial charge >= 0.3 is 6.03 Å². The molecule has 1 aliphatic rings. The predicted octanol–water partition coefficient (Wildman–Crippen LogP) is 5.00. The van der Waals surface area contributed by atoms with Gasteiger partial charge in [-0.05, 0) is 62.1 Å². The molecular weight excluding hydrogens is 378 g/mol. The molecule has 0 bridgehead atoms. The average Bonchev–Trinajstić information content (AvgIpc) is 3.30. The summed E-state index contributed by atoms with van der Waals surface area (Å²) in [6, 6.07) is 8.34. The monoisotopic (exact) mass is 398 g/mol. The van der Waals surface area contributed by atoms with Gasteiger partial charge in [0.25, 0.3) is 0 Å². The van der Waals surface area contributed by atoms with E-state index >= 15 is 0 Å². The summed E-state index contributed by atoms with van der Waals surface area (Å²) in [6.45, 7) is 4.48. The number of nitrogens with one attached hydrogen (secondary N) is 1. The van der Waals surface area contributed by atoms with Crippen molar-refractivity contribution in [1.82, 2.24) is 15.0 Å². The molecular formula is C21H20F2N4O2. The van der Waals surface area contributed by atoms with Crippen LogP contribution < -0.4 is 5.32 Å². The Labute approximate surface area is 166 Å². The fraction of sp³-hybridized carbons (Fsp3) is 0.286. The number of hydrogen-bond donors (Lipinski definition) is 1. The van der Waals surface area contributed by atoms with Crippen molar-refractivity contribution in [2.24, 2.45) is 0 Å². The van der Waals surface area contributed by atoms with Gasteiger partial charge in [0.1, 0.15) is 17.7 Å². The first kappa shape index (κ1) is 19.0. The number of benzene rings is 2. The summed E-state index contributed by atoms with van der Waals surface area (Å²) in [5.41, 5.74) is 2.88. The molecule has 0 radical (unpaired) electrons. The first-order chi connectivity index (χ1) is 13.9. The minimum atomic E-state index is -0.770. The molecule has 1 N–H and O–H groups in total. The van der Waals surface area contributed by atoms with Gasteiger partial charge in [-0.15, -0.1) is 0 Å². The fourth-order valence-corrected chi connectivity index (χ4v) is 3.66. The number of urea groups is 1. The van der Waals surface area contributed by atoms with Gasteiger partial charge in [0.2, 0.25) is 11.7 Å². The number of nitrogens with zero attached hydrogens (tertiary/aromatic N) is 3. The lowest BCUT2D eigenvalue weighted by molar-refractivity contribution is 0.193. The first-order valence-electron chi connectivity index (χ1n) is 9.35. The van der Waals surface area contributed by atoms with Gasteiger partial charge in [-0.25, -0.2) is 13.6 Å². The van der Waals surface area contributed by atoms with Crippen molar-refractivity contribution in [3.8, 4) is 11.4 Å². The number of hydrogen-bond acceptors (Lipinski definition) is 4. The van der Waals surface area contributed by atoms with Crippen LogP contribution in [0.15, 0.2) is 40.9 Å². The molecule has 0 aliphatic carbocycles. The summed E-state index contributed by atoms with van der Waals surface area (Å²) >= 11 is 0. The maximum Gasteiger partial charge on any atom is 0.322 e. The molecule has 1 atom stereocenters. The number of carbonyl (C=O) groups excluding carboxylic acids is 1. The van der Waals surface area contributed by atoms with Gasteiger partial charge in [0.05, 0.1) is 5.56 Å². The molecule has 1 fully saturated rings. The van der Waals surface area contributed by atoms with Crippen LogP contribution in [0.2, 0.25) is 0 Å². The zero-order valence-corrected chi connectivity index (χ0v) is 16.1. The van der Waals surface area contributed by atoms with E-state index in [2.05, 4.69) is 15.5 Å². The molecule has 29 heavy (non-hydrogen) atoms. The molecule has 2 heterocycles. The summed E-state index contributed by atoms with van der Waals surface area (Å²) in [5.74, 6) is -1.19. The summed E-state index contributed by atoms with van der Waals surface area (Å²) < 4.78 is 32.4. The quantitative estimate of drug-likeness (QED) is 0.674. The van der Waals surface area contributed by atoms with Gasteiger partial charge in [-0.2, -0.15) is 4.98 Å². The van der Waals surface area contributed by atoms with Gasteiger partial charge in [-0.3, -0.25) is 0 Å². The third kappa shape index (κ3) is 3.96. The van der Waals surface area contributed by atoms with Crippen molar-refractivity contribution in [1.29, 1.82) is 0 Å². The number of rotatable bonds is 3. The van der Waals surface area contributed by atoms with Crippen molar-refractivity contribution < 1.29 is 18.1 Å². The molecule has 1 saturated heterocycles. The summed E-state index contributed by atoms with van der Waals surface area (Å²) in [7, 11) is 0. The van der Waals surface area contributed by atoms with Crippen LogP contribution in [0.3, 0.4) is 0 Å². The van der Waals surface area contributed by atoms with Crippen molar-refractivity contribution in [3.05, 3.63) is 65.1 Å². The van der Waals surface area contributed by atoms with Gasteiger partial charge in [-0.1, -0.05) is 11.2 Å². The topological polar surface area (TPSA) is 71.3 Å². The lowest BCUT2D eigenvalue weighted by Crippen LogP contribution is -2.34. The fourth-order valence-electron chi connectivity index (χ4n) is 3.66. The van der Waals surface area contributed by atoms with E-state index in [1.807, 2.05) is 32.0 Å². The summed E-state index contributed by atoms with van der Waals surface area (Å²) in [6.07, 6.45) is 1.45. The minimum absolute atomic E-state index is 0.0269. The van der Waals surface area contributed by atoms with E-state index in [9.17, 15) is 13.6 Å². The van der Waals surface area contributed by atoms with Crippen LogP contribution in [-0.4, -0.2) is 27.6 Å². The normalized spacial score (nSPS) is 16.3. The van der Waals surface area contributed by atoms with Crippen LogP contribution in [0.5, 0.6) is 0 Å². The smallest absolute Gasteiger partial charge is 0.322 e. The number of aromatic nitrogens is 2. The van der Waals surface area contributed by atoms with Crippen LogP contribution in [0.25, 0.3) is 11.4 Å². The molecule has 2 amide bonds. The highest BCUT2D eigenvalue weighted by molar-refractivity contribution is 5.90. The second-order valence-corrected chi connectivity index (χ2v) is 7.24. The third-order valence-electron chi connectivity index (χ3n) is 4.89. The summed E-state index contributed by atoms with van der Waals surface area (Å²) in [4.78, 5) is 18.7. The zero-order chi connectivity index (χ0) is 20.5. The number of amides is 2. The zero-order valence-electron chi connectivity index (χ0n) is 16.1. The third-order valence-corrected chi connectivity index (χ3v) is 4.89. The number of halogens is 2. The standard InChI is InChI=1S/C21H20F2N4O2/c1-12-8-13(2)10-15(9-12)24-21(28)27-7-3-4-18(27)20-25-19(26-29-20)16-6-5-14(22)11-17(16)23/h5-6,8-11,18H,3-4,7H2,1-2H3,(H,24,28)/t18-/m1/s1. The molecule has 1 aliphatic heterocycles. The van der Waals surface area contributed by atoms with E-state index < -0.39 is 17.7 Å². The SMILES string of the molecule is Cc1cc(C)cc(NC(=O)N2CCC[C@@H]2c2nc(-c3ccc(F)cc3F)no2)c1. The van der Waals surface area contributed by atoms with E-state index in [0.717, 1.165) is 35.4 Å². The van der Waals surface area contributed by atoms with E-state index in [1.165, 1.54) is 6.07 Å². The van der Waals surface area contributed by atoms with Crippen LogP contribution in [-0.2, 0) is 0 Å². The molecule has 8 heteroatoms. The number of likely N-dealkylation sites (tertiary alicyclic amines) is 1. The average molecular weight is 398 g/mol. The molecule has 2 aromatic carbocycles. The minimum Gasteiger partial charge on any atom is -0.337 e. The second-order valence-electron chi connectivity index (χ2n) is 7.24.